The van der Waals surface area contributed by atoms with Gasteiger partial charge in [0.2, 0.25) is 0 Å². The fourth-order valence-corrected chi connectivity index (χ4v) is 1.77. The summed E-state index contributed by atoms with van der Waals surface area (Å²) in [6.45, 7) is 8.02. The van der Waals surface area contributed by atoms with E-state index in [2.05, 4.69) is 40.0 Å². The number of rotatable bonds is 5. The Morgan fingerprint density at radius 2 is 1.79 bits per heavy atom. The monoisotopic (exact) mass is 346 g/mol. The van der Waals surface area contributed by atoms with Gasteiger partial charge in [0.05, 0.1) is 4.48 Å². The molecule has 0 radical (unpaired) electrons. The number of nitrogens with one attached hydrogen (secondary N) is 1. The van der Waals surface area contributed by atoms with Crippen LogP contribution in [0.4, 0.5) is 11.4 Å². The molecule has 1 N–H and O–H groups in total. The van der Waals surface area contributed by atoms with E-state index < -0.39 is 0 Å². The third-order valence-electron chi connectivity index (χ3n) is 2.72. The number of halogens is 2. The van der Waals surface area contributed by atoms with E-state index in [9.17, 15) is 4.79 Å². The second-order valence-electron chi connectivity index (χ2n) is 3.81. The van der Waals surface area contributed by atoms with Crippen molar-refractivity contribution in [2.24, 2.45) is 0 Å². The van der Waals surface area contributed by atoms with Crippen molar-refractivity contribution in [2.75, 3.05) is 23.3 Å². The van der Waals surface area contributed by atoms with Gasteiger partial charge >= 0.3 is 0 Å². The number of hydrogen-bond acceptors (Lipinski definition) is 2. The number of benzene rings is 1. The maximum absolute atomic E-state index is 11.6. The zero-order valence-electron chi connectivity index (χ0n) is 11.4. The molecule has 0 unspecified atom stereocenters. The minimum Gasteiger partial charge on any atom is -0.372 e. The van der Waals surface area contributed by atoms with Crippen LogP contribution < -0.4 is 10.2 Å². The van der Waals surface area contributed by atoms with Crippen LogP contribution in [-0.4, -0.2) is 19.0 Å². The molecule has 0 aliphatic carbocycles. The molecule has 0 aromatic heterocycles. The van der Waals surface area contributed by atoms with Crippen molar-refractivity contribution in [1.82, 2.24) is 0 Å². The molecule has 0 saturated heterocycles. The lowest BCUT2D eigenvalue weighted by molar-refractivity contribution is -0.112. The number of hydrogen-bond donors (Lipinski definition) is 1. The van der Waals surface area contributed by atoms with E-state index in [1.165, 1.54) is 5.69 Å². The topological polar surface area (TPSA) is 32.3 Å². The SMILES string of the molecule is C/C=C(\Br)C(=O)Nc1ccc(N(CC)CC)cc1.Cl. The molecule has 0 saturated carbocycles. The van der Waals surface area contributed by atoms with E-state index in [0.29, 0.717) is 4.48 Å². The first-order valence-electron chi connectivity index (χ1n) is 6.10. The summed E-state index contributed by atoms with van der Waals surface area (Å²) in [5.74, 6) is -0.131. The summed E-state index contributed by atoms with van der Waals surface area (Å²) in [6.07, 6.45) is 1.72. The van der Waals surface area contributed by atoms with Crippen LogP contribution in [-0.2, 0) is 4.79 Å². The Morgan fingerprint density at radius 3 is 2.21 bits per heavy atom. The molecular weight excluding hydrogens is 328 g/mol. The second-order valence-corrected chi connectivity index (χ2v) is 4.66. The second kappa shape index (κ2) is 8.99. The van der Waals surface area contributed by atoms with E-state index in [0.717, 1.165) is 18.8 Å². The fraction of sp³-hybridized carbons (Fsp3) is 0.357. The molecule has 0 aliphatic rings. The van der Waals surface area contributed by atoms with Crippen LogP contribution in [0.1, 0.15) is 20.8 Å². The largest absolute Gasteiger partial charge is 0.372 e. The van der Waals surface area contributed by atoms with Crippen molar-refractivity contribution >= 4 is 45.6 Å². The summed E-state index contributed by atoms with van der Waals surface area (Å²) >= 11 is 3.20. The number of allylic oxidation sites excluding steroid dienone is 1. The van der Waals surface area contributed by atoms with Gasteiger partial charge in [-0.1, -0.05) is 6.08 Å². The van der Waals surface area contributed by atoms with Crippen molar-refractivity contribution < 1.29 is 4.79 Å². The van der Waals surface area contributed by atoms with Gasteiger partial charge in [0.15, 0.2) is 0 Å². The molecule has 0 aliphatic heterocycles. The van der Waals surface area contributed by atoms with E-state index in [-0.39, 0.29) is 18.3 Å². The quantitative estimate of drug-likeness (QED) is 0.810. The number of carbonyl (C=O) groups is 1. The molecule has 0 spiro atoms. The minimum absolute atomic E-state index is 0. The highest BCUT2D eigenvalue weighted by Gasteiger charge is 2.06. The number of nitrogens with zero attached hydrogens (tertiary/aromatic N) is 1. The molecule has 0 bridgehead atoms. The van der Waals surface area contributed by atoms with E-state index in [4.69, 9.17) is 0 Å². The molecule has 0 fully saturated rings. The van der Waals surface area contributed by atoms with Crippen LogP contribution in [0.3, 0.4) is 0 Å². The number of amides is 1. The summed E-state index contributed by atoms with van der Waals surface area (Å²) in [5.41, 5.74) is 1.97. The molecule has 5 heteroatoms. The smallest absolute Gasteiger partial charge is 0.262 e. The summed E-state index contributed by atoms with van der Waals surface area (Å²) in [6, 6.07) is 7.88. The van der Waals surface area contributed by atoms with E-state index >= 15 is 0 Å². The van der Waals surface area contributed by atoms with Gasteiger partial charge in [0.25, 0.3) is 5.91 Å². The molecule has 19 heavy (non-hydrogen) atoms. The van der Waals surface area contributed by atoms with Crippen molar-refractivity contribution in [3.05, 3.63) is 34.8 Å². The summed E-state index contributed by atoms with van der Waals surface area (Å²) in [7, 11) is 0. The van der Waals surface area contributed by atoms with E-state index in [1.807, 2.05) is 31.2 Å². The minimum atomic E-state index is -0.131. The lowest BCUT2D eigenvalue weighted by atomic mass is 10.2. The lowest BCUT2D eigenvalue weighted by Crippen LogP contribution is -2.21. The number of carbonyl (C=O) groups excluding carboxylic acids is 1. The van der Waals surface area contributed by atoms with Crippen molar-refractivity contribution in [1.29, 1.82) is 0 Å². The van der Waals surface area contributed by atoms with Crippen LogP contribution in [0.5, 0.6) is 0 Å². The van der Waals surface area contributed by atoms with Gasteiger partial charge in [0.1, 0.15) is 0 Å². The predicted octanol–water partition coefficient (Wildman–Crippen LogP) is 4.19. The highest BCUT2D eigenvalue weighted by molar-refractivity contribution is 9.12. The Bertz CT molecular complexity index is 428. The highest BCUT2D eigenvalue weighted by Crippen LogP contribution is 2.18. The molecular formula is C14H20BrClN2O. The van der Waals surface area contributed by atoms with Crippen LogP contribution in [0, 0.1) is 0 Å². The summed E-state index contributed by atoms with van der Waals surface area (Å²) in [5, 5.41) is 2.82. The van der Waals surface area contributed by atoms with Gasteiger partial charge < -0.3 is 10.2 Å². The molecule has 106 valence electrons. The molecule has 0 atom stereocenters. The third kappa shape index (κ3) is 5.25. The summed E-state index contributed by atoms with van der Waals surface area (Å²) < 4.78 is 0.537. The molecule has 1 aromatic rings. The first-order valence-corrected chi connectivity index (χ1v) is 6.89. The van der Waals surface area contributed by atoms with Crippen molar-refractivity contribution in [2.45, 2.75) is 20.8 Å². The average molecular weight is 348 g/mol. The zero-order chi connectivity index (χ0) is 13.5. The van der Waals surface area contributed by atoms with Gasteiger partial charge in [0, 0.05) is 24.5 Å². The van der Waals surface area contributed by atoms with Crippen LogP contribution in [0.25, 0.3) is 0 Å². The molecule has 3 nitrogen and oxygen atoms in total. The first-order chi connectivity index (χ1) is 8.62. The Hall–Kier alpha value is -1.00. The average Bonchev–Trinajstić information content (AvgIpc) is 2.41. The van der Waals surface area contributed by atoms with Crippen LogP contribution in [0.15, 0.2) is 34.8 Å². The van der Waals surface area contributed by atoms with Crippen LogP contribution >= 0.6 is 28.3 Å². The van der Waals surface area contributed by atoms with Gasteiger partial charge in [-0.2, -0.15) is 0 Å². The molecule has 0 heterocycles. The summed E-state index contributed by atoms with van der Waals surface area (Å²) in [4.78, 5) is 13.9. The van der Waals surface area contributed by atoms with Gasteiger partial charge in [-0.15, -0.1) is 12.4 Å². The maximum atomic E-state index is 11.6. The Labute approximate surface area is 129 Å². The van der Waals surface area contributed by atoms with Crippen molar-refractivity contribution in [3.8, 4) is 0 Å². The van der Waals surface area contributed by atoms with Gasteiger partial charge in [-0.3, -0.25) is 4.79 Å². The Morgan fingerprint density at radius 1 is 1.26 bits per heavy atom. The fourth-order valence-electron chi connectivity index (χ4n) is 1.67. The number of anilines is 2. The van der Waals surface area contributed by atoms with Crippen molar-refractivity contribution in [3.63, 3.8) is 0 Å². The van der Waals surface area contributed by atoms with Crippen LogP contribution in [0.2, 0.25) is 0 Å². The Kier molecular flexibility index (Phi) is 8.52. The Balaban J connectivity index is 0.00000324. The predicted molar refractivity (Wildman–Crippen MR) is 88.6 cm³/mol. The lowest BCUT2D eigenvalue weighted by Gasteiger charge is -2.21. The third-order valence-corrected chi connectivity index (χ3v) is 3.54. The zero-order valence-corrected chi connectivity index (χ0v) is 13.8. The maximum Gasteiger partial charge on any atom is 0.262 e. The molecule has 1 aromatic carbocycles. The van der Waals surface area contributed by atoms with Gasteiger partial charge in [-0.05, 0) is 61.0 Å². The standard InChI is InChI=1S/C14H19BrN2O.ClH/c1-4-13(15)14(18)16-11-7-9-12(10-8-11)17(5-2)6-3;/h4,7-10H,5-6H2,1-3H3,(H,16,18);1H/b13-4-;. The first kappa shape index (κ1) is 18.0. The van der Waals surface area contributed by atoms with E-state index in [1.54, 1.807) is 6.08 Å². The van der Waals surface area contributed by atoms with Gasteiger partial charge in [-0.25, -0.2) is 0 Å². The molecule has 1 amide bonds. The highest BCUT2D eigenvalue weighted by atomic mass is 79.9. The molecule has 1 rings (SSSR count). The normalized spacial score (nSPS) is 10.6.